The van der Waals surface area contributed by atoms with Gasteiger partial charge in [0.1, 0.15) is 4.60 Å². The Labute approximate surface area is 125 Å². The van der Waals surface area contributed by atoms with Crippen molar-refractivity contribution in [2.24, 2.45) is 0 Å². The Bertz CT molecular complexity index is 677. The molecule has 4 nitrogen and oxygen atoms in total. The number of aromatic nitrogens is 3. The highest BCUT2D eigenvalue weighted by molar-refractivity contribution is 9.10. The lowest BCUT2D eigenvalue weighted by atomic mass is 10.2. The van der Waals surface area contributed by atoms with Crippen LogP contribution in [-0.2, 0) is 6.54 Å². The number of benzene rings is 1. The fourth-order valence-corrected chi connectivity index (χ4v) is 2.30. The molecular formula is C15H13BrN4. The first-order chi connectivity index (χ1) is 9.83. The summed E-state index contributed by atoms with van der Waals surface area (Å²) in [7, 11) is 0. The number of nitrogens with one attached hydrogen (secondary N) is 1. The van der Waals surface area contributed by atoms with Crippen LogP contribution in [0.1, 0.15) is 5.56 Å². The van der Waals surface area contributed by atoms with Gasteiger partial charge in [-0.3, -0.25) is 0 Å². The number of nitrogens with zero attached hydrogens (tertiary/aromatic N) is 3. The minimum absolute atomic E-state index is 0.758. The fraction of sp³-hybridized carbons (Fsp3) is 0.0667. The molecule has 1 aromatic carbocycles. The van der Waals surface area contributed by atoms with Crippen LogP contribution in [0.3, 0.4) is 0 Å². The zero-order valence-electron chi connectivity index (χ0n) is 10.7. The third-order valence-electron chi connectivity index (χ3n) is 2.98. The van der Waals surface area contributed by atoms with Gasteiger partial charge in [0, 0.05) is 30.8 Å². The Morgan fingerprint density at radius 3 is 2.65 bits per heavy atom. The van der Waals surface area contributed by atoms with E-state index in [9.17, 15) is 0 Å². The molecule has 0 spiro atoms. The summed E-state index contributed by atoms with van der Waals surface area (Å²) in [6, 6.07) is 12.3. The SMILES string of the molecule is Brc1ncccc1NCc1ccc(-n2ccnc2)cc1. The number of imidazole rings is 1. The Balaban J connectivity index is 1.68. The Kier molecular flexibility index (Phi) is 3.78. The summed E-state index contributed by atoms with van der Waals surface area (Å²) in [6.45, 7) is 0.758. The Morgan fingerprint density at radius 1 is 1.10 bits per heavy atom. The lowest BCUT2D eigenvalue weighted by Gasteiger charge is -2.08. The van der Waals surface area contributed by atoms with Gasteiger partial charge in [0.15, 0.2) is 0 Å². The average molecular weight is 329 g/mol. The second-order valence-corrected chi connectivity index (χ2v) is 5.08. The summed E-state index contributed by atoms with van der Waals surface area (Å²) in [6.07, 6.45) is 7.25. The van der Waals surface area contributed by atoms with E-state index in [1.165, 1.54) is 5.56 Å². The molecule has 100 valence electrons. The molecule has 0 fully saturated rings. The zero-order chi connectivity index (χ0) is 13.8. The van der Waals surface area contributed by atoms with Gasteiger partial charge in [0.25, 0.3) is 0 Å². The second kappa shape index (κ2) is 5.88. The molecule has 0 aliphatic rings. The highest BCUT2D eigenvalue weighted by Crippen LogP contribution is 2.19. The smallest absolute Gasteiger partial charge is 0.129 e. The van der Waals surface area contributed by atoms with E-state index >= 15 is 0 Å². The van der Waals surface area contributed by atoms with Gasteiger partial charge >= 0.3 is 0 Å². The van der Waals surface area contributed by atoms with Crippen molar-refractivity contribution in [2.45, 2.75) is 6.54 Å². The molecule has 5 heteroatoms. The molecule has 0 saturated heterocycles. The number of hydrogen-bond acceptors (Lipinski definition) is 3. The first-order valence-corrected chi connectivity index (χ1v) is 7.04. The van der Waals surface area contributed by atoms with Crippen molar-refractivity contribution in [3.8, 4) is 5.69 Å². The van der Waals surface area contributed by atoms with Crippen molar-refractivity contribution < 1.29 is 0 Å². The van der Waals surface area contributed by atoms with E-state index in [4.69, 9.17) is 0 Å². The molecule has 3 rings (SSSR count). The summed E-state index contributed by atoms with van der Waals surface area (Å²) in [4.78, 5) is 8.23. The van der Waals surface area contributed by atoms with E-state index in [0.717, 1.165) is 22.5 Å². The van der Waals surface area contributed by atoms with Crippen molar-refractivity contribution in [3.05, 3.63) is 71.5 Å². The van der Waals surface area contributed by atoms with Crippen molar-refractivity contribution in [3.63, 3.8) is 0 Å². The Morgan fingerprint density at radius 2 is 1.95 bits per heavy atom. The van der Waals surface area contributed by atoms with E-state index in [1.807, 2.05) is 22.9 Å². The van der Waals surface area contributed by atoms with Gasteiger partial charge in [-0.1, -0.05) is 12.1 Å². The molecule has 0 amide bonds. The molecular weight excluding hydrogens is 316 g/mol. The van der Waals surface area contributed by atoms with Crippen LogP contribution >= 0.6 is 15.9 Å². The van der Waals surface area contributed by atoms with Crippen LogP contribution in [0, 0.1) is 0 Å². The quantitative estimate of drug-likeness (QED) is 0.743. The van der Waals surface area contributed by atoms with Crippen molar-refractivity contribution in [2.75, 3.05) is 5.32 Å². The first-order valence-electron chi connectivity index (χ1n) is 6.24. The predicted molar refractivity (Wildman–Crippen MR) is 82.8 cm³/mol. The van der Waals surface area contributed by atoms with E-state index in [-0.39, 0.29) is 0 Å². The van der Waals surface area contributed by atoms with E-state index in [1.54, 1.807) is 18.7 Å². The van der Waals surface area contributed by atoms with Crippen molar-refractivity contribution in [1.29, 1.82) is 0 Å². The van der Waals surface area contributed by atoms with Crippen LogP contribution in [0.15, 0.2) is 65.9 Å². The molecule has 0 saturated carbocycles. The number of anilines is 1. The van der Waals surface area contributed by atoms with E-state index in [2.05, 4.69) is 55.5 Å². The number of rotatable bonds is 4. The summed E-state index contributed by atoms with van der Waals surface area (Å²) >= 11 is 3.42. The van der Waals surface area contributed by atoms with Crippen LogP contribution in [0.5, 0.6) is 0 Å². The Hall–Kier alpha value is -2.14. The first kappa shape index (κ1) is 12.9. The van der Waals surface area contributed by atoms with Gasteiger partial charge in [0.05, 0.1) is 12.0 Å². The van der Waals surface area contributed by atoms with Crippen LogP contribution < -0.4 is 5.32 Å². The zero-order valence-corrected chi connectivity index (χ0v) is 12.3. The maximum atomic E-state index is 4.18. The van der Waals surface area contributed by atoms with Crippen LogP contribution in [0.25, 0.3) is 5.69 Å². The minimum Gasteiger partial charge on any atom is -0.379 e. The summed E-state index contributed by atoms with van der Waals surface area (Å²) in [5, 5.41) is 3.35. The molecule has 0 atom stereocenters. The van der Waals surface area contributed by atoms with Gasteiger partial charge < -0.3 is 9.88 Å². The van der Waals surface area contributed by atoms with Crippen LogP contribution in [0.2, 0.25) is 0 Å². The molecule has 3 aromatic rings. The van der Waals surface area contributed by atoms with E-state index in [0.29, 0.717) is 0 Å². The highest BCUT2D eigenvalue weighted by atomic mass is 79.9. The topological polar surface area (TPSA) is 42.7 Å². The maximum absolute atomic E-state index is 4.18. The van der Waals surface area contributed by atoms with Crippen LogP contribution in [0.4, 0.5) is 5.69 Å². The standard InChI is InChI=1S/C15H13BrN4/c16-15-14(2-1-7-18-15)19-10-12-3-5-13(6-4-12)20-9-8-17-11-20/h1-9,11,19H,10H2. The fourth-order valence-electron chi connectivity index (χ4n) is 1.91. The summed E-state index contributed by atoms with van der Waals surface area (Å²) in [5.41, 5.74) is 3.31. The van der Waals surface area contributed by atoms with Crippen LogP contribution in [-0.4, -0.2) is 14.5 Å². The molecule has 2 heterocycles. The molecule has 1 N–H and O–H groups in total. The van der Waals surface area contributed by atoms with Crippen molar-refractivity contribution in [1.82, 2.24) is 14.5 Å². The molecule has 0 bridgehead atoms. The minimum atomic E-state index is 0.758. The molecule has 20 heavy (non-hydrogen) atoms. The number of pyridine rings is 1. The van der Waals surface area contributed by atoms with Gasteiger partial charge in [-0.2, -0.15) is 0 Å². The number of halogens is 1. The second-order valence-electron chi connectivity index (χ2n) is 4.33. The van der Waals surface area contributed by atoms with Gasteiger partial charge in [-0.15, -0.1) is 0 Å². The third kappa shape index (κ3) is 2.88. The maximum Gasteiger partial charge on any atom is 0.129 e. The van der Waals surface area contributed by atoms with E-state index < -0.39 is 0 Å². The predicted octanol–water partition coefficient (Wildman–Crippen LogP) is 3.64. The third-order valence-corrected chi connectivity index (χ3v) is 3.61. The molecule has 0 unspecified atom stereocenters. The number of hydrogen-bond donors (Lipinski definition) is 1. The summed E-state index contributed by atoms with van der Waals surface area (Å²) < 4.78 is 2.81. The normalized spacial score (nSPS) is 10.4. The average Bonchev–Trinajstić information content (AvgIpc) is 3.01. The molecule has 0 radical (unpaired) electrons. The largest absolute Gasteiger partial charge is 0.379 e. The van der Waals surface area contributed by atoms with Gasteiger partial charge in [-0.05, 0) is 45.8 Å². The molecule has 0 aliphatic heterocycles. The highest BCUT2D eigenvalue weighted by Gasteiger charge is 2.00. The monoisotopic (exact) mass is 328 g/mol. The van der Waals surface area contributed by atoms with Crippen molar-refractivity contribution >= 4 is 21.6 Å². The van der Waals surface area contributed by atoms with Gasteiger partial charge in [0.2, 0.25) is 0 Å². The molecule has 2 aromatic heterocycles. The lowest BCUT2D eigenvalue weighted by molar-refractivity contribution is 1.05. The summed E-state index contributed by atoms with van der Waals surface area (Å²) in [5.74, 6) is 0. The molecule has 0 aliphatic carbocycles. The lowest BCUT2D eigenvalue weighted by Crippen LogP contribution is -2.01. The van der Waals surface area contributed by atoms with Gasteiger partial charge in [-0.25, -0.2) is 9.97 Å².